The number of hydrogen-bond acceptors (Lipinski definition) is 4. The number of furan rings is 1. The van der Waals surface area contributed by atoms with Gasteiger partial charge >= 0.3 is 0 Å². The van der Waals surface area contributed by atoms with Crippen molar-refractivity contribution in [2.45, 2.75) is 13.8 Å². The van der Waals surface area contributed by atoms with Crippen LogP contribution in [0.25, 0.3) is 11.3 Å². The van der Waals surface area contributed by atoms with Crippen LogP contribution in [0.15, 0.2) is 34.7 Å². The zero-order chi connectivity index (χ0) is 13.1. The fraction of sp³-hybridized carbons (Fsp3) is 0.231. The molecule has 0 aliphatic heterocycles. The lowest BCUT2D eigenvalue weighted by atomic mass is 10.1. The number of nitro benzene ring substituents is 1. The van der Waals surface area contributed by atoms with Crippen molar-refractivity contribution in [2.75, 3.05) is 6.61 Å². The normalized spacial score (nSPS) is 10.3. The molecule has 0 atom stereocenters. The van der Waals surface area contributed by atoms with E-state index in [1.165, 1.54) is 6.07 Å². The third-order valence-corrected chi connectivity index (χ3v) is 2.48. The molecule has 0 unspecified atom stereocenters. The molecule has 2 rings (SSSR count). The molecule has 0 aliphatic carbocycles. The van der Waals surface area contributed by atoms with Crippen molar-refractivity contribution in [1.82, 2.24) is 0 Å². The molecule has 0 spiro atoms. The summed E-state index contributed by atoms with van der Waals surface area (Å²) in [6.07, 6.45) is 0. The zero-order valence-electron chi connectivity index (χ0n) is 10.2. The Labute approximate surface area is 104 Å². The Balaban J connectivity index is 2.50. The molecule has 0 saturated carbocycles. The molecule has 0 N–H and O–H groups in total. The van der Waals surface area contributed by atoms with Gasteiger partial charge in [-0.1, -0.05) is 0 Å². The lowest BCUT2D eigenvalue weighted by Crippen LogP contribution is -1.95. The maximum atomic E-state index is 11.1. The van der Waals surface area contributed by atoms with E-state index in [0.29, 0.717) is 29.4 Å². The Bertz CT molecular complexity index is 574. The predicted octanol–water partition coefficient (Wildman–Crippen LogP) is 3.56. The minimum absolute atomic E-state index is 0.0182. The molecule has 2 aromatic rings. The van der Waals surface area contributed by atoms with E-state index in [1.807, 2.05) is 6.92 Å². The van der Waals surface area contributed by atoms with Crippen molar-refractivity contribution < 1.29 is 14.1 Å². The Kier molecular flexibility index (Phi) is 3.32. The highest BCUT2D eigenvalue weighted by molar-refractivity contribution is 5.71. The van der Waals surface area contributed by atoms with Crippen molar-refractivity contribution in [3.63, 3.8) is 0 Å². The number of nitrogens with zero attached hydrogens (tertiary/aromatic N) is 1. The van der Waals surface area contributed by atoms with E-state index in [2.05, 4.69) is 0 Å². The average Bonchev–Trinajstić information content (AvgIpc) is 2.76. The molecule has 1 heterocycles. The number of nitro groups is 1. The lowest BCUT2D eigenvalue weighted by molar-refractivity contribution is -0.384. The van der Waals surface area contributed by atoms with E-state index < -0.39 is 4.92 Å². The van der Waals surface area contributed by atoms with E-state index in [1.54, 1.807) is 31.2 Å². The summed E-state index contributed by atoms with van der Waals surface area (Å²) in [5.74, 6) is 1.69. The van der Waals surface area contributed by atoms with E-state index in [4.69, 9.17) is 9.15 Å². The van der Waals surface area contributed by atoms with Gasteiger partial charge < -0.3 is 9.15 Å². The molecular formula is C13H13NO4. The molecule has 18 heavy (non-hydrogen) atoms. The predicted molar refractivity (Wildman–Crippen MR) is 66.7 cm³/mol. The molecule has 0 aliphatic rings. The smallest absolute Gasteiger partial charge is 0.284 e. The van der Waals surface area contributed by atoms with Crippen molar-refractivity contribution in [3.05, 3.63) is 46.2 Å². The van der Waals surface area contributed by atoms with Gasteiger partial charge in [0.25, 0.3) is 5.69 Å². The van der Waals surface area contributed by atoms with Crippen molar-refractivity contribution in [1.29, 1.82) is 0 Å². The van der Waals surface area contributed by atoms with Gasteiger partial charge in [0.1, 0.15) is 17.3 Å². The van der Waals surface area contributed by atoms with Crippen LogP contribution in [0.5, 0.6) is 5.75 Å². The van der Waals surface area contributed by atoms with Crippen LogP contribution in [0.4, 0.5) is 5.69 Å². The van der Waals surface area contributed by atoms with Gasteiger partial charge in [0, 0.05) is 0 Å². The first-order chi connectivity index (χ1) is 8.61. The summed E-state index contributed by atoms with van der Waals surface area (Å²) < 4.78 is 10.7. The molecule has 0 fully saturated rings. The van der Waals surface area contributed by atoms with E-state index in [-0.39, 0.29) is 5.69 Å². The third kappa shape index (κ3) is 2.34. The maximum absolute atomic E-state index is 11.1. The van der Waals surface area contributed by atoms with Gasteiger partial charge in [-0.2, -0.15) is 0 Å². The molecule has 0 radical (unpaired) electrons. The summed E-state index contributed by atoms with van der Waals surface area (Å²) in [5, 5.41) is 11.1. The Morgan fingerprint density at radius 3 is 2.67 bits per heavy atom. The minimum Gasteiger partial charge on any atom is -0.494 e. The fourth-order valence-corrected chi connectivity index (χ4v) is 1.71. The van der Waals surface area contributed by atoms with E-state index >= 15 is 0 Å². The SMILES string of the molecule is CCOc1ccc(-c2ccc(C)o2)c([N+](=O)[O-])c1. The second-order valence-electron chi connectivity index (χ2n) is 3.78. The lowest BCUT2D eigenvalue weighted by Gasteiger charge is -2.05. The van der Waals surface area contributed by atoms with Gasteiger partial charge in [-0.3, -0.25) is 10.1 Å². The number of aryl methyl sites for hydroxylation is 1. The molecule has 5 nitrogen and oxygen atoms in total. The van der Waals surface area contributed by atoms with Crippen LogP contribution < -0.4 is 4.74 Å². The maximum Gasteiger partial charge on any atom is 0.284 e. The van der Waals surface area contributed by atoms with Crippen LogP contribution in [0.3, 0.4) is 0 Å². The van der Waals surface area contributed by atoms with Crippen molar-refractivity contribution >= 4 is 5.69 Å². The van der Waals surface area contributed by atoms with Gasteiger partial charge in [0.2, 0.25) is 0 Å². The summed E-state index contributed by atoms with van der Waals surface area (Å²) in [7, 11) is 0. The average molecular weight is 247 g/mol. The summed E-state index contributed by atoms with van der Waals surface area (Å²) in [4.78, 5) is 10.6. The van der Waals surface area contributed by atoms with Crippen LogP contribution >= 0.6 is 0 Å². The van der Waals surface area contributed by atoms with Crippen LogP contribution in [-0.2, 0) is 0 Å². The van der Waals surface area contributed by atoms with Gasteiger partial charge in [-0.25, -0.2) is 0 Å². The summed E-state index contributed by atoms with van der Waals surface area (Å²) in [6.45, 7) is 4.09. The molecule has 0 amide bonds. The van der Waals surface area contributed by atoms with Crippen molar-refractivity contribution in [2.24, 2.45) is 0 Å². The van der Waals surface area contributed by atoms with Gasteiger partial charge in [-0.05, 0) is 38.1 Å². The molecule has 0 bridgehead atoms. The van der Waals surface area contributed by atoms with Gasteiger partial charge in [0.05, 0.1) is 23.2 Å². The standard InChI is InChI=1S/C13H13NO4/c1-3-17-10-5-6-11(12(8-10)14(15)16)13-7-4-9(2)18-13/h4-8H,3H2,1-2H3. The monoisotopic (exact) mass is 247 g/mol. The molecule has 5 heteroatoms. The summed E-state index contributed by atoms with van der Waals surface area (Å²) in [5.41, 5.74) is 0.437. The fourth-order valence-electron chi connectivity index (χ4n) is 1.71. The Morgan fingerprint density at radius 2 is 2.11 bits per heavy atom. The number of ether oxygens (including phenoxy) is 1. The van der Waals surface area contributed by atoms with Gasteiger partial charge in [0.15, 0.2) is 0 Å². The largest absolute Gasteiger partial charge is 0.494 e. The number of hydrogen-bond donors (Lipinski definition) is 0. The summed E-state index contributed by atoms with van der Waals surface area (Å²) >= 11 is 0. The second-order valence-corrected chi connectivity index (χ2v) is 3.78. The minimum atomic E-state index is -0.435. The first-order valence-electron chi connectivity index (χ1n) is 5.60. The Morgan fingerprint density at radius 1 is 1.33 bits per heavy atom. The first kappa shape index (κ1) is 12.2. The van der Waals surface area contributed by atoms with Crippen LogP contribution in [-0.4, -0.2) is 11.5 Å². The summed E-state index contributed by atoms with van der Waals surface area (Å²) in [6, 6.07) is 8.25. The van der Waals surface area contributed by atoms with Crippen LogP contribution in [0.1, 0.15) is 12.7 Å². The Hall–Kier alpha value is -2.30. The first-order valence-corrected chi connectivity index (χ1v) is 5.60. The highest BCUT2D eigenvalue weighted by Crippen LogP contribution is 2.34. The number of benzene rings is 1. The van der Waals surface area contributed by atoms with Gasteiger partial charge in [-0.15, -0.1) is 0 Å². The quantitative estimate of drug-likeness (QED) is 0.612. The molecular weight excluding hydrogens is 234 g/mol. The molecule has 0 saturated heterocycles. The molecule has 1 aromatic carbocycles. The zero-order valence-corrected chi connectivity index (χ0v) is 10.2. The highest BCUT2D eigenvalue weighted by Gasteiger charge is 2.18. The van der Waals surface area contributed by atoms with Crippen LogP contribution in [0, 0.1) is 17.0 Å². The highest BCUT2D eigenvalue weighted by atomic mass is 16.6. The van der Waals surface area contributed by atoms with Crippen molar-refractivity contribution in [3.8, 4) is 17.1 Å². The topological polar surface area (TPSA) is 65.5 Å². The molecule has 1 aromatic heterocycles. The number of rotatable bonds is 4. The van der Waals surface area contributed by atoms with E-state index in [0.717, 1.165) is 0 Å². The van der Waals surface area contributed by atoms with Crippen LogP contribution in [0.2, 0.25) is 0 Å². The third-order valence-electron chi connectivity index (χ3n) is 2.48. The molecule has 94 valence electrons. The second kappa shape index (κ2) is 4.91. The van der Waals surface area contributed by atoms with E-state index in [9.17, 15) is 10.1 Å².